The number of nitrogens with one attached hydrogen (secondary N) is 1. The van der Waals surface area contributed by atoms with Gasteiger partial charge >= 0.3 is 6.18 Å². The molecule has 0 saturated carbocycles. The van der Waals surface area contributed by atoms with Gasteiger partial charge in [-0.25, -0.2) is 0 Å². The lowest BCUT2D eigenvalue weighted by Gasteiger charge is -2.32. The summed E-state index contributed by atoms with van der Waals surface area (Å²) in [6.07, 6.45) is -5.39. The number of amides is 1. The standard InChI is InChI=1S/C9H14F3NO3/c10-9(11,12)5-7(14)13-6-8(15)1-3-16-4-2-8/h15H,1-6H2,(H,13,14). The number of alkyl halides is 3. The van der Waals surface area contributed by atoms with Crippen molar-refractivity contribution in [2.75, 3.05) is 19.8 Å². The average Bonchev–Trinajstić information content (AvgIpc) is 2.14. The number of hydrogen-bond acceptors (Lipinski definition) is 3. The SMILES string of the molecule is O=C(CC(F)(F)F)NCC1(O)CCOCC1. The number of carbonyl (C=O) groups excluding carboxylic acids is 1. The Hall–Kier alpha value is -0.820. The van der Waals surface area contributed by atoms with Crippen LogP contribution in [0.25, 0.3) is 0 Å². The third kappa shape index (κ3) is 4.80. The lowest BCUT2D eigenvalue weighted by molar-refractivity contribution is -0.155. The summed E-state index contributed by atoms with van der Waals surface area (Å²) < 4.78 is 40.5. The first-order valence-corrected chi connectivity index (χ1v) is 4.94. The molecule has 1 heterocycles. The summed E-state index contributed by atoms with van der Waals surface area (Å²) in [4.78, 5) is 10.9. The van der Waals surface area contributed by atoms with E-state index in [1.165, 1.54) is 0 Å². The van der Waals surface area contributed by atoms with Crippen molar-refractivity contribution >= 4 is 5.91 Å². The van der Waals surface area contributed by atoms with Crippen LogP contribution < -0.4 is 5.32 Å². The van der Waals surface area contributed by atoms with Crippen molar-refractivity contribution in [1.82, 2.24) is 5.32 Å². The van der Waals surface area contributed by atoms with Crippen LogP contribution in [0.4, 0.5) is 13.2 Å². The van der Waals surface area contributed by atoms with Crippen LogP contribution in [0.1, 0.15) is 19.3 Å². The molecule has 0 aromatic carbocycles. The fourth-order valence-electron chi connectivity index (χ4n) is 1.44. The maximum atomic E-state index is 11.8. The van der Waals surface area contributed by atoms with Crippen LogP contribution in [-0.2, 0) is 9.53 Å². The first-order valence-electron chi connectivity index (χ1n) is 4.94. The van der Waals surface area contributed by atoms with Gasteiger partial charge in [-0.15, -0.1) is 0 Å². The highest BCUT2D eigenvalue weighted by atomic mass is 19.4. The maximum absolute atomic E-state index is 11.8. The molecular weight excluding hydrogens is 227 g/mol. The number of hydrogen-bond donors (Lipinski definition) is 2. The van der Waals surface area contributed by atoms with E-state index in [2.05, 4.69) is 5.32 Å². The Bertz CT molecular complexity index is 249. The molecule has 4 nitrogen and oxygen atoms in total. The van der Waals surface area contributed by atoms with Gasteiger partial charge < -0.3 is 15.2 Å². The van der Waals surface area contributed by atoms with Crippen molar-refractivity contribution in [3.8, 4) is 0 Å². The van der Waals surface area contributed by atoms with Gasteiger partial charge in [-0.1, -0.05) is 0 Å². The summed E-state index contributed by atoms with van der Waals surface area (Å²) in [7, 11) is 0. The minimum atomic E-state index is -4.51. The predicted molar refractivity (Wildman–Crippen MR) is 48.7 cm³/mol. The highest BCUT2D eigenvalue weighted by molar-refractivity contribution is 5.76. The highest BCUT2D eigenvalue weighted by Gasteiger charge is 2.34. The molecule has 1 amide bonds. The lowest BCUT2D eigenvalue weighted by atomic mass is 9.94. The first-order chi connectivity index (χ1) is 7.31. The van der Waals surface area contributed by atoms with Crippen LogP contribution in [-0.4, -0.2) is 42.5 Å². The van der Waals surface area contributed by atoms with E-state index in [-0.39, 0.29) is 6.54 Å². The maximum Gasteiger partial charge on any atom is 0.397 e. The first kappa shape index (κ1) is 13.2. The molecule has 7 heteroatoms. The number of rotatable bonds is 3. The molecular formula is C9H14F3NO3. The van der Waals surface area contributed by atoms with E-state index in [1.54, 1.807) is 0 Å². The van der Waals surface area contributed by atoms with Crippen LogP contribution in [0, 0.1) is 0 Å². The monoisotopic (exact) mass is 241 g/mol. The Morgan fingerprint density at radius 2 is 1.94 bits per heavy atom. The second kappa shape index (κ2) is 5.01. The molecule has 0 spiro atoms. The minimum absolute atomic E-state index is 0.161. The van der Waals surface area contributed by atoms with Crippen LogP contribution in [0.3, 0.4) is 0 Å². The van der Waals surface area contributed by atoms with Crippen LogP contribution in [0.5, 0.6) is 0 Å². The Kier molecular flexibility index (Phi) is 4.15. The third-order valence-corrected chi connectivity index (χ3v) is 2.40. The molecule has 16 heavy (non-hydrogen) atoms. The van der Waals surface area contributed by atoms with Crippen molar-refractivity contribution in [3.05, 3.63) is 0 Å². The highest BCUT2D eigenvalue weighted by Crippen LogP contribution is 2.21. The molecule has 1 rings (SSSR count). The average molecular weight is 241 g/mol. The Labute approximate surface area is 90.8 Å². The molecule has 94 valence electrons. The second-order valence-electron chi connectivity index (χ2n) is 3.91. The van der Waals surface area contributed by atoms with E-state index in [4.69, 9.17) is 4.74 Å². The van der Waals surface area contributed by atoms with Gasteiger partial charge in [0.15, 0.2) is 0 Å². The van der Waals surface area contributed by atoms with Gasteiger partial charge in [-0.2, -0.15) is 13.2 Å². The fourth-order valence-corrected chi connectivity index (χ4v) is 1.44. The largest absolute Gasteiger partial charge is 0.397 e. The molecule has 0 atom stereocenters. The molecule has 0 bridgehead atoms. The van der Waals surface area contributed by atoms with Gasteiger partial charge in [-0.3, -0.25) is 4.79 Å². The van der Waals surface area contributed by atoms with Gasteiger partial charge in [0.1, 0.15) is 6.42 Å². The zero-order valence-corrected chi connectivity index (χ0v) is 8.64. The van der Waals surface area contributed by atoms with E-state index >= 15 is 0 Å². The zero-order valence-electron chi connectivity index (χ0n) is 8.64. The van der Waals surface area contributed by atoms with Crippen molar-refractivity contribution in [1.29, 1.82) is 0 Å². The number of carbonyl (C=O) groups is 1. The van der Waals surface area contributed by atoms with Crippen LogP contribution in [0.15, 0.2) is 0 Å². The molecule has 2 N–H and O–H groups in total. The van der Waals surface area contributed by atoms with Crippen LogP contribution >= 0.6 is 0 Å². The van der Waals surface area contributed by atoms with Crippen molar-refractivity contribution in [2.24, 2.45) is 0 Å². The Morgan fingerprint density at radius 3 is 2.44 bits per heavy atom. The van der Waals surface area contributed by atoms with E-state index in [1.807, 2.05) is 0 Å². The van der Waals surface area contributed by atoms with E-state index in [9.17, 15) is 23.1 Å². The molecule has 1 aliphatic heterocycles. The predicted octanol–water partition coefficient (Wildman–Crippen LogP) is 0.597. The van der Waals surface area contributed by atoms with Gasteiger partial charge in [-0.05, 0) is 0 Å². The smallest absolute Gasteiger partial charge is 0.388 e. The number of ether oxygens (including phenoxy) is 1. The molecule has 0 unspecified atom stereocenters. The molecule has 0 aromatic rings. The Balaban J connectivity index is 2.30. The van der Waals surface area contributed by atoms with E-state index in [0.29, 0.717) is 26.1 Å². The van der Waals surface area contributed by atoms with Gasteiger partial charge in [0.25, 0.3) is 0 Å². The summed E-state index contributed by atoms with van der Waals surface area (Å²) in [5.41, 5.74) is -1.14. The van der Waals surface area contributed by atoms with Crippen molar-refractivity contribution < 1.29 is 27.8 Å². The molecule has 1 saturated heterocycles. The molecule has 1 fully saturated rings. The molecule has 0 radical (unpaired) electrons. The summed E-state index contributed by atoms with van der Waals surface area (Å²) in [5.74, 6) is -1.12. The fraction of sp³-hybridized carbons (Fsp3) is 0.889. The van der Waals surface area contributed by atoms with Gasteiger partial charge in [0.2, 0.25) is 5.91 Å². The molecule has 1 aliphatic rings. The zero-order chi connectivity index (χ0) is 12.2. The molecule has 0 aromatic heterocycles. The summed E-state index contributed by atoms with van der Waals surface area (Å²) >= 11 is 0. The van der Waals surface area contributed by atoms with Crippen molar-refractivity contribution in [2.45, 2.75) is 31.0 Å². The van der Waals surface area contributed by atoms with Crippen LogP contribution in [0.2, 0.25) is 0 Å². The Morgan fingerprint density at radius 1 is 1.38 bits per heavy atom. The quantitative estimate of drug-likeness (QED) is 0.760. The second-order valence-corrected chi connectivity index (χ2v) is 3.91. The van der Waals surface area contributed by atoms with E-state index < -0.39 is 24.1 Å². The van der Waals surface area contributed by atoms with Crippen molar-refractivity contribution in [3.63, 3.8) is 0 Å². The van der Waals surface area contributed by atoms with Gasteiger partial charge in [0, 0.05) is 32.6 Å². The number of aliphatic hydroxyl groups is 1. The normalized spacial score (nSPS) is 20.5. The number of halogens is 3. The van der Waals surface area contributed by atoms with Gasteiger partial charge in [0.05, 0.1) is 5.60 Å². The minimum Gasteiger partial charge on any atom is -0.388 e. The molecule has 0 aliphatic carbocycles. The summed E-state index contributed by atoms with van der Waals surface area (Å²) in [5, 5.41) is 11.9. The lowest BCUT2D eigenvalue weighted by Crippen LogP contribution is -2.47. The topological polar surface area (TPSA) is 58.6 Å². The summed E-state index contributed by atoms with van der Waals surface area (Å²) in [6, 6.07) is 0. The summed E-state index contributed by atoms with van der Waals surface area (Å²) in [6.45, 7) is 0.544. The third-order valence-electron chi connectivity index (χ3n) is 2.40. The van der Waals surface area contributed by atoms with E-state index in [0.717, 1.165) is 0 Å².